The quantitative estimate of drug-likeness (QED) is 0.887. The molecule has 1 unspecified atom stereocenters. The van der Waals surface area contributed by atoms with Crippen molar-refractivity contribution >= 4 is 23.2 Å². The van der Waals surface area contributed by atoms with Crippen molar-refractivity contribution in [3.8, 4) is 0 Å². The molecule has 0 heterocycles. The highest BCUT2D eigenvalue weighted by Gasteiger charge is 2.09. The Kier molecular flexibility index (Phi) is 4.87. The Morgan fingerprint density at radius 1 is 1.00 bits per heavy atom. The first kappa shape index (κ1) is 14.4. The van der Waals surface area contributed by atoms with Gasteiger partial charge in [0.25, 0.3) is 0 Å². The van der Waals surface area contributed by atoms with Crippen LogP contribution in [-0.4, -0.2) is 6.04 Å². The van der Waals surface area contributed by atoms with E-state index in [9.17, 15) is 0 Å². The van der Waals surface area contributed by atoms with Crippen molar-refractivity contribution in [3.05, 3.63) is 69.2 Å². The highest BCUT2D eigenvalue weighted by Crippen LogP contribution is 2.22. The molecule has 0 fully saturated rings. The van der Waals surface area contributed by atoms with Crippen LogP contribution in [0.3, 0.4) is 0 Å². The first-order valence-corrected chi connectivity index (χ1v) is 7.06. The fourth-order valence-electron chi connectivity index (χ4n) is 2.16. The van der Waals surface area contributed by atoms with Crippen LogP contribution in [0.2, 0.25) is 10.0 Å². The molecule has 0 aromatic heterocycles. The van der Waals surface area contributed by atoms with Crippen LogP contribution < -0.4 is 5.73 Å². The molecular formula is C16H17Cl2N. The Bertz CT molecular complexity index is 566. The van der Waals surface area contributed by atoms with Crippen LogP contribution in [0.25, 0.3) is 0 Å². The average Bonchev–Trinajstić information content (AvgIpc) is 2.36. The molecule has 1 nitrogen and oxygen atoms in total. The third kappa shape index (κ3) is 3.97. The zero-order valence-electron chi connectivity index (χ0n) is 10.9. The highest BCUT2D eigenvalue weighted by atomic mass is 35.5. The number of benzene rings is 2. The molecule has 100 valence electrons. The Morgan fingerprint density at radius 3 is 2.37 bits per heavy atom. The first-order chi connectivity index (χ1) is 9.06. The lowest BCUT2D eigenvalue weighted by Crippen LogP contribution is -2.26. The summed E-state index contributed by atoms with van der Waals surface area (Å²) in [6.45, 7) is 2.11. The topological polar surface area (TPSA) is 26.0 Å². The molecule has 0 aliphatic heterocycles. The zero-order chi connectivity index (χ0) is 13.8. The lowest BCUT2D eigenvalue weighted by atomic mass is 9.97. The van der Waals surface area contributed by atoms with Gasteiger partial charge in [0, 0.05) is 16.1 Å². The van der Waals surface area contributed by atoms with Crippen molar-refractivity contribution < 1.29 is 0 Å². The molecule has 2 rings (SSSR count). The molecule has 0 aliphatic rings. The van der Waals surface area contributed by atoms with Gasteiger partial charge in [0.05, 0.1) is 0 Å². The van der Waals surface area contributed by atoms with Crippen LogP contribution in [0, 0.1) is 6.92 Å². The predicted molar refractivity (Wildman–Crippen MR) is 83.0 cm³/mol. The minimum Gasteiger partial charge on any atom is -0.327 e. The molecular weight excluding hydrogens is 277 g/mol. The summed E-state index contributed by atoms with van der Waals surface area (Å²) in [4.78, 5) is 0. The Hall–Kier alpha value is -1.02. The van der Waals surface area contributed by atoms with Gasteiger partial charge in [-0.3, -0.25) is 0 Å². The number of nitrogens with two attached hydrogens (primary N) is 1. The van der Waals surface area contributed by atoms with E-state index in [2.05, 4.69) is 19.1 Å². The van der Waals surface area contributed by atoms with Gasteiger partial charge in [-0.15, -0.1) is 0 Å². The fraction of sp³-hybridized carbons (Fsp3) is 0.250. The number of rotatable bonds is 4. The van der Waals surface area contributed by atoms with Crippen molar-refractivity contribution in [2.24, 2.45) is 5.73 Å². The number of hydrogen-bond donors (Lipinski definition) is 1. The summed E-state index contributed by atoms with van der Waals surface area (Å²) >= 11 is 12.1. The highest BCUT2D eigenvalue weighted by molar-refractivity contribution is 6.35. The van der Waals surface area contributed by atoms with Crippen LogP contribution in [0.5, 0.6) is 0 Å². The maximum Gasteiger partial charge on any atom is 0.0453 e. The monoisotopic (exact) mass is 293 g/mol. The summed E-state index contributed by atoms with van der Waals surface area (Å²) in [5.74, 6) is 0. The first-order valence-electron chi connectivity index (χ1n) is 6.30. The van der Waals surface area contributed by atoms with E-state index in [1.165, 1.54) is 11.1 Å². The summed E-state index contributed by atoms with van der Waals surface area (Å²) in [7, 11) is 0. The second kappa shape index (κ2) is 6.42. The lowest BCUT2D eigenvalue weighted by molar-refractivity contribution is 0.663. The smallest absolute Gasteiger partial charge is 0.0453 e. The van der Waals surface area contributed by atoms with Gasteiger partial charge >= 0.3 is 0 Å². The van der Waals surface area contributed by atoms with Gasteiger partial charge in [0.15, 0.2) is 0 Å². The SMILES string of the molecule is Cc1ccccc1CC(N)Cc1ccc(Cl)cc1Cl. The molecule has 3 heteroatoms. The minimum absolute atomic E-state index is 0.0553. The van der Waals surface area contributed by atoms with E-state index in [1.807, 2.05) is 24.3 Å². The van der Waals surface area contributed by atoms with Crippen LogP contribution in [-0.2, 0) is 12.8 Å². The molecule has 0 bridgehead atoms. The van der Waals surface area contributed by atoms with E-state index < -0.39 is 0 Å². The second-order valence-electron chi connectivity index (χ2n) is 4.83. The fourth-order valence-corrected chi connectivity index (χ4v) is 2.65. The van der Waals surface area contributed by atoms with E-state index in [0.717, 1.165) is 18.4 Å². The molecule has 0 saturated carbocycles. The molecule has 0 spiro atoms. The van der Waals surface area contributed by atoms with Gasteiger partial charge in [-0.2, -0.15) is 0 Å². The van der Waals surface area contributed by atoms with Crippen LogP contribution in [0.15, 0.2) is 42.5 Å². The van der Waals surface area contributed by atoms with Crippen molar-refractivity contribution in [2.75, 3.05) is 0 Å². The maximum absolute atomic E-state index is 6.22. The van der Waals surface area contributed by atoms with E-state index in [0.29, 0.717) is 10.0 Å². The summed E-state index contributed by atoms with van der Waals surface area (Å²) in [5, 5.41) is 1.34. The molecule has 2 N–H and O–H groups in total. The van der Waals surface area contributed by atoms with Gasteiger partial charge in [-0.1, -0.05) is 53.5 Å². The Morgan fingerprint density at radius 2 is 1.68 bits per heavy atom. The van der Waals surface area contributed by atoms with Crippen molar-refractivity contribution in [3.63, 3.8) is 0 Å². The van der Waals surface area contributed by atoms with Crippen molar-refractivity contribution in [2.45, 2.75) is 25.8 Å². The van der Waals surface area contributed by atoms with Gasteiger partial charge in [0.2, 0.25) is 0 Å². The standard InChI is InChI=1S/C16H17Cl2N/c1-11-4-2-3-5-12(11)8-15(19)9-13-6-7-14(17)10-16(13)18/h2-7,10,15H,8-9,19H2,1H3. The van der Waals surface area contributed by atoms with Gasteiger partial charge in [-0.25, -0.2) is 0 Å². The number of hydrogen-bond acceptors (Lipinski definition) is 1. The molecule has 1 atom stereocenters. The molecule has 0 amide bonds. The predicted octanol–water partition coefficient (Wildman–Crippen LogP) is 4.41. The average molecular weight is 294 g/mol. The zero-order valence-corrected chi connectivity index (χ0v) is 12.4. The van der Waals surface area contributed by atoms with Crippen LogP contribution >= 0.6 is 23.2 Å². The van der Waals surface area contributed by atoms with Crippen LogP contribution in [0.1, 0.15) is 16.7 Å². The third-order valence-electron chi connectivity index (χ3n) is 3.24. The van der Waals surface area contributed by atoms with E-state index in [4.69, 9.17) is 28.9 Å². The summed E-state index contributed by atoms with van der Waals surface area (Å²) in [5.41, 5.74) is 9.84. The minimum atomic E-state index is 0.0553. The number of aryl methyl sites for hydroxylation is 1. The lowest BCUT2D eigenvalue weighted by Gasteiger charge is -2.14. The molecule has 0 aliphatic carbocycles. The normalized spacial score (nSPS) is 12.4. The van der Waals surface area contributed by atoms with E-state index >= 15 is 0 Å². The Labute approximate surface area is 124 Å². The third-order valence-corrected chi connectivity index (χ3v) is 3.83. The van der Waals surface area contributed by atoms with Gasteiger partial charge in [-0.05, 0) is 48.6 Å². The second-order valence-corrected chi connectivity index (χ2v) is 5.67. The van der Waals surface area contributed by atoms with Gasteiger partial charge in [0.1, 0.15) is 0 Å². The summed E-state index contributed by atoms with van der Waals surface area (Å²) in [6, 6.07) is 13.9. The molecule has 2 aromatic carbocycles. The Balaban J connectivity index is 2.05. The van der Waals surface area contributed by atoms with Crippen molar-refractivity contribution in [1.29, 1.82) is 0 Å². The van der Waals surface area contributed by atoms with Crippen molar-refractivity contribution in [1.82, 2.24) is 0 Å². The molecule has 0 saturated heterocycles. The van der Waals surface area contributed by atoms with E-state index in [1.54, 1.807) is 6.07 Å². The molecule has 2 aromatic rings. The maximum atomic E-state index is 6.22. The molecule has 0 radical (unpaired) electrons. The largest absolute Gasteiger partial charge is 0.327 e. The summed E-state index contributed by atoms with van der Waals surface area (Å²) < 4.78 is 0. The van der Waals surface area contributed by atoms with E-state index in [-0.39, 0.29) is 6.04 Å². The van der Waals surface area contributed by atoms with Gasteiger partial charge < -0.3 is 5.73 Å². The summed E-state index contributed by atoms with van der Waals surface area (Å²) in [6.07, 6.45) is 1.61. The van der Waals surface area contributed by atoms with Crippen LogP contribution in [0.4, 0.5) is 0 Å². The number of halogens is 2. The molecule has 19 heavy (non-hydrogen) atoms.